The van der Waals surface area contributed by atoms with Crippen molar-refractivity contribution in [3.63, 3.8) is 0 Å². The third-order valence-electron chi connectivity index (χ3n) is 6.17. The second kappa shape index (κ2) is 10.3. The maximum Gasteiger partial charge on any atom is 0.319 e. The number of hydrogen-bond acceptors (Lipinski definition) is 8. The molecule has 0 radical (unpaired) electrons. The van der Waals surface area contributed by atoms with Gasteiger partial charge in [0.05, 0.1) is 6.04 Å². The zero-order valence-corrected chi connectivity index (χ0v) is 19.6. The van der Waals surface area contributed by atoms with E-state index in [0.717, 1.165) is 31.5 Å². The van der Waals surface area contributed by atoms with Crippen LogP contribution >= 0.6 is 0 Å². The van der Waals surface area contributed by atoms with E-state index in [1.54, 1.807) is 31.2 Å². The highest BCUT2D eigenvalue weighted by Crippen LogP contribution is 2.33. The molecule has 0 bridgehead atoms. The van der Waals surface area contributed by atoms with Crippen molar-refractivity contribution < 1.29 is 23.9 Å². The average molecular weight is 480 g/mol. The van der Waals surface area contributed by atoms with Crippen LogP contribution in [0, 0.1) is 6.92 Å². The van der Waals surface area contributed by atoms with Gasteiger partial charge in [-0.15, -0.1) is 0 Å². The molecule has 5 rings (SSSR count). The molecular formula is C25H29N5O5. The molecule has 3 heterocycles. The number of carbonyl (C=O) groups is 1. The molecule has 3 aromatic rings. The van der Waals surface area contributed by atoms with E-state index in [4.69, 9.17) is 14.0 Å². The number of aliphatic hydroxyl groups is 1. The van der Waals surface area contributed by atoms with Crippen LogP contribution in [0.1, 0.15) is 30.4 Å². The van der Waals surface area contributed by atoms with E-state index in [1.807, 2.05) is 18.2 Å². The lowest BCUT2D eigenvalue weighted by Crippen LogP contribution is -2.48. The number of fused-ring (bicyclic) bond motifs is 1. The maximum atomic E-state index is 13.0. The molecule has 1 aromatic heterocycles. The highest BCUT2D eigenvalue weighted by Gasteiger charge is 2.28. The number of aliphatic hydroxyl groups excluding tert-OH is 1. The van der Waals surface area contributed by atoms with Crippen molar-refractivity contribution in [3.8, 4) is 22.9 Å². The van der Waals surface area contributed by atoms with Crippen molar-refractivity contribution >= 4 is 11.7 Å². The number of urea groups is 1. The summed E-state index contributed by atoms with van der Waals surface area (Å²) < 4.78 is 16.3. The second-order valence-electron chi connectivity index (χ2n) is 8.78. The van der Waals surface area contributed by atoms with Crippen molar-refractivity contribution in [2.45, 2.75) is 31.9 Å². The highest BCUT2D eigenvalue weighted by molar-refractivity contribution is 5.90. The molecule has 0 spiro atoms. The van der Waals surface area contributed by atoms with Crippen LogP contribution in [0.4, 0.5) is 10.5 Å². The van der Waals surface area contributed by atoms with Gasteiger partial charge in [-0.2, -0.15) is 4.98 Å². The van der Waals surface area contributed by atoms with Crippen molar-refractivity contribution in [1.29, 1.82) is 0 Å². The number of carbonyl (C=O) groups excluding carboxylic acids is 1. The molecule has 2 unspecified atom stereocenters. The zero-order valence-electron chi connectivity index (χ0n) is 19.6. The molecule has 2 aliphatic heterocycles. The van der Waals surface area contributed by atoms with E-state index >= 15 is 0 Å². The summed E-state index contributed by atoms with van der Waals surface area (Å²) in [5.41, 5.74) is 1.97. The first kappa shape index (κ1) is 23.1. The molecule has 0 saturated carbocycles. The van der Waals surface area contributed by atoms with Gasteiger partial charge in [0.25, 0.3) is 0 Å². The summed E-state index contributed by atoms with van der Waals surface area (Å²) in [6.45, 7) is 5.11. The molecule has 35 heavy (non-hydrogen) atoms. The summed E-state index contributed by atoms with van der Waals surface area (Å²) in [4.78, 5) is 19.5. The predicted molar refractivity (Wildman–Crippen MR) is 128 cm³/mol. The number of amides is 2. The summed E-state index contributed by atoms with van der Waals surface area (Å²) >= 11 is 0. The molecule has 2 amide bonds. The second-order valence-corrected chi connectivity index (χ2v) is 8.78. The predicted octanol–water partition coefficient (Wildman–Crippen LogP) is 3.14. The topological polar surface area (TPSA) is 122 Å². The Kier molecular flexibility index (Phi) is 6.82. The Labute approximate surface area is 203 Å². The van der Waals surface area contributed by atoms with Crippen LogP contribution in [-0.4, -0.2) is 65.1 Å². The van der Waals surface area contributed by atoms with Crippen LogP contribution in [0.15, 0.2) is 47.0 Å². The Bertz CT molecular complexity index is 1180. The van der Waals surface area contributed by atoms with Crippen molar-refractivity contribution in [2.75, 3.05) is 38.2 Å². The van der Waals surface area contributed by atoms with Gasteiger partial charge in [-0.05, 0) is 55.8 Å². The van der Waals surface area contributed by atoms with Gasteiger partial charge in [-0.1, -0.05) is 23.4 Å². The number of benzene rings is 2. The van der Waals surface area contributed by atoms with Gasteiger partial charge in [0.15, 0.2) is 11.5 Å². The molecular weight excluding hydrogens is 450 g/mol. The normalized spacial score (nSPS) is 17.1. The Morgan fingerprint density at radius 1 is 1.11 bits per heavy atom. The van der Waals surface area contributed by atoms with Gasteiger partial charge in [-0.25, -0.2) is 4.79 Å². The minimum atomic E-state index is -0.925. The summed E-state index contributed by atoms with van der Waals surface area (Å²) in [6, 6.07) is 11.7. The van der Waals surface area contributed by atoms with Gasteiger partial charge in [0, 0.05) is 24.7 Å². The SMILES string of the molecule is Cc1nc(-c2cccc(NC(=O)NC(CN3CCCC3)C(O)c3ccc4c(c3)OCCO4)c2)no1. The first-order valence-corrected chi connectivity index (χ1v) is 11.8. The van der Waals surface area contributed by atoms with Crippen LogP contribution < -0.4 is 20.1 Å². The molecule has 3 N–H and O–H groups in total. The van der Waals surface area contributed by atoms with Gasteiger partial charge >= 0.3 is 6.03 Å². The molecule has 10 nitrogen and oxygen atoms in total. The monoisotopic (exact) mass is 479 g/mol. The van der Waals surface area contributed by atoms with E-state index in [0.29, 0.717) is 54.2 Å². The number of aromatic nitrogens is 2. The third kappa shape index (κ3) is 5.55. The Morgan fingerprint density at radius 3 is 2.69 bits per heavy atom. The van der Waals surface area contributed by atoms with Gasteiger partial charge in [0.1, 0.15) is 19.3 Å². The Morgan fingerprint density at radius 2 is 1.91 bits per heavy atom. The molecule has 1 fully saturated rings. The van der Waals surface area contributed by atoms with Crippen LogP contribution in [0.5, 0.6) is 11.5 Å². The van der Waals surface area contributed by atoms with Crippen LogP contribution in [0.3, 0.4) is 0 Å². The largest absolute Gasteiger partial charge is 0.486 e. The number of rotatable bonds is 7. The van der Waals surface area contributed by atoms with E-state index in [-0.39, 0.29) is 0 Å². The minimum Gasteiger partial charge on any atom is -0.486 e. The van der Waals surface area contributed by atoms with Gasteiger partial charge in [0.2, 0.25) is 11.7 Å². The number of anilines is 1. The number of likely N-dealkylation sites (tertiary alicyclic amines) is 1. The van der Waals surface area contributed by atoms with Crippen LogP contribution in [-0.2, 0) is 0 Å². The van der Waals surface area contributed by atoms with Crippen molar-refractivity contribution in [1.82, 2.24) is 20.4 Å². The lowest BCUT2D eigenvalue weighted by molar-refractivity contribution is 0.110. The number of nitrogens with one attached hydrogen (secondary N) is 2. The fourth-order valence-electron chi connectivity index (χ4n) is 4.43. The Hall–Kier alpha value is -3.63. The number of nitrogens with zero attached hydrogens (tertiary/aromatic N) is 3. The fraction of sp³-hybridized carbons (Fsp3) is 0.400. The number of hydrogen-bond donors (Lipinski definition) is 3. The first-order valence-electron chi connectivity index (χ1n) is 11.8. The standard InChI is InChI=1S/C25H29N5O5/c1-16-26-24(29-35-16)18-5-4-6-19(13-18)27-25(32)28-20(15-30-9-2-3-10-30)23(31)17-7-8-21-22(14-17)34-12-11-33-21/h4-8,13-14,20,23,31H,2-3,9-12,15H2,1H3,(H2,27,28,32). The molecule has 2 aliphatic rings. The summed E-state index contributed by atoms with van der Waals surface area (Å²) in [5, 5.41) is 21.0. The smallest absolute Gasteiger partial charge is 0.319 e. The minimum absolute atomic E-state index is 0.410. The highest BCUT2D eigenvalue weighted by atomic mass is 16.6. The molecule has 10 heteroatoms. The van der Waals surface area contributed by atoms with E-state index in [2.05, 4.69) is 25.7 Å². The lowest BCUT2D eigenvalue weighted by atomic mass is 10.0. The molecule has 1 saturated heterocycles. The summed E-state index contributed by atoms with van der Waals surface area (Å²) in [6.07, 6.45) is 1.30. The van der Waals surface area contributed by atoms with E-state index in [1.165, 1.54) is 0 Å². The van der Waals surface area contributed by atoms with Gasteiger partial charge < -0.3 is 34.6 Å². The molecule has 184 valence electrons. The Balaban J connectivity index is 1.30. The van der Waals surface area contributed by atoms with Gasteiger partial charge in [-0.3, -0.25) is 0 Å². The fourth-order valence-corrected chi connectivity index (χ4v) is 4.43. The molecule has 0 aliphatic carbocycles. The summed E-state index contributed by atoms with van der Waals surface area (Å²) in [7, 11) is 0. The third-order valence-corrected chi connectivity index (χ3v) is 6.17. The van der Waals surface area contributed by atoms with Crippen LogP contribution in [0.25, 0.3) is 11.4 Å². The summed E-state index contributed by atoms with van der Waals surface area (Å²) in [5.74, 6) is 2.18. The van der Waals surface area contributed by atoms with Crippen molar-refractivity contribution in [2.24, 2.45) is 0 Å². The quantitative estimate of drug-likeness (QED) is 0.473. The first-order chi connectivity index (χ1) is 17.0. The van der Waals surface area contributed by atoms with Crippen LogP contribution in [0.2, 0.25) is 0 Å². The van der Waals surface area contributed by atoms with E-state index in [9.17, 15) is 9.90 Å². The lowest BCUT2D eigenvalue weighted by Gasteiger charge is -2.29. The average Bonchev–Trinajstić information content (AvgIpc) is 3.55. The maximum absolute atomic E-state index is 13.0. The van der Waals surface area contributed by atoms with Crippen molar-refractivity contribution in [3.05, 3.63) is 53.9 Å². The zero-order chi connectivity index (χ0) is 24.2. The molecule has 2 atom stereocenters. The number of aryl methyl sites for hydroxylation is 1. The van der Waals surface area contributed by atoms with E-state index < -0.39 is 18.2 Å². The number of ether oxygens (including phenoxy) is 2. The molecule has 2 aromatic carbocycles.